The van der Waals surface area contributed by atoms with Crippen molar-refractivity contribution in [3.63, 3.8) is 0 Å². The summed E-state index contributed by atoms with van der Waals surface area (Å²) < 4.78 is 0. The third kappa shape index (κ3) is 6.39. The van der Waals surface area contributed by atoms with Gasteiger partial charge in [-0.3, -0.25) is 9.88 Å². The maximum absolute atomic E-state index is 9.88. The first-order valence-corrected chi connectivity index (χ1v) is 12.5. The SMILES string of the molecule is CCCCNc1ncc(-c2cccc(CN3CCCCC3)n2)c(NC2CCC(O)CC2)n1. The van der Waals surface area contributed by atoms with Gasteiger partial charge in [-0.2, -0.15) is 4.98 Å². The van der Waals surface area contributed by atoms with Gasteiger partial charge in [-0.15, -0.1) is 0 Å². The second-order valence-electron chi connectivity index (χ2n) is 9.24. The zero-order valence-electron chi connectivity index (χ0n) is 19.4. The smallest absolute Gasteiger partial charge is 0.224 e. The highest BCUT2D eigenvalue weighted by Gasteiger charge is 2.22. The molecule has 0 radical (unpaired) electrons. The van der Waals surface area contributed by atoms with Crippen LogP contribution in [-0.2, 0) is 6.54 Å². The molecule has 1 aliphatic heterocycles. The molecule has 2 aliphatic rings. The number of anilines is 2. The molecule has 0 spiro atoms. The molecule has 7 heteroatoms. The fraction of sp³-hybridized carbons (Fsp3) is 0.640. The average molecular weight is 439 g/mol. The first-order chi connectivity index (χ1) is 15.7. The monoisotopic (exact) mass is 438 g/mol. The molecule has 0 bridgehead atoms. The zero-order chi connectivity index (χ0) is 22.2. The van der Waals surface area contributed by atoms with E-state index in [9.17, 15) is 5.11 Å². The van der Waals surface area contributed by atoms with Crippen molar-refractivity contribution in [3.8, 4) is 11.3 Å². The Labute approximate surface area is 192 Å². The molecule has 2 fully saturated rings. The van der Waals surface area contributed by atoms with E-state index in [4.69, 9.17) is 9.97 Å². The summed E-state index contributed by atoms with van der Waals surface area (Å²) in [6, 6.07) is 6.58. The third-order valence-electron chi connectivity index (χ3n) is 6.56. The molecule has 1 saturated carbocycles. The number of likely N-dealkylation sites (tertiary alicyclic amines) is 1. The normalized spacial score (nSPS) is 21.9. The highest BCUT2D eigenvalue weighted by Crippen LogP contribution is 2.29. The van der Waals surface area contributed by atoms with Gasteiger partial charge in [-0.25, -0.2) is 4.98 Å². The van der Waals surface area contributed by atoms with Gasteiger partial charge in [0.05, 0.1) is 23.1 Å². The van der Waals surface area contributed by atoms with Crippen molar-refractivity contribution in [2.45, 2.75) is 83.4 Å². The lowest BCUT2D eigenvalue weighted by molar-refractivity contribution is 0.126. The number of aromatic nitrogens is 3. The number of aliphatic hydroxyl groups excluding tert-OH is 1. The van der Waals surface area contributed by atoms with Gasteiger partial charge in [0.2, 0.25) is 5.95 Å². The van der Waals surface area contributed by atoms with E-state index < -0.39 is 0 Å². The summed E-state index contributed by atoms with van der Waals surface area (Å²) >= 11 is 0. The van der Waals surface area contributed by atoms with Crippen molar-refractivity contribution in [2.75, 3.05) is 30.3 Å². The van der Waals surface area contributed by atoms with Crippen LogP contribution < -0.4 is 10.6 Å². The standard InChI is InChI=1S/C25H38N6O/c1-2-3-14-26-25-27-17-22(24(30-25)29-19-10-12-21(32)13-11-19)23-9-7-8-20(28-23)18-31-15-5-4-6-16-31/h7-9,17,19,21,32H,2-6,10-16,18H2,1H3,(H2,26,27,29,30). The minimum absolute atomic E-state index is 0.169. The summed E-state index contributed by atoms with van der Waals surface area (Å²) in [5, 5.41) is 16.9. The Bertz CT molecular complexity index is 846. The second-order valence-corrected chi connectivity index (χ2v) is 9.24. The lowest BCUT2D eigenvalue weighted by atomic mass is 9.93. The molecule has 3 N–H and O–H groups in total. The minimum atomic E-state index is -0.169. The molecule has 2 aromatic heterocycles. The van der Waals surface area contributed by atoms with Crippen LogP contribution >= 0.6 is 0 Å². The van der Waals surface area contributed by atoms with E-state index in [1.165, 1.54) is 19.3 Å². The maximum atomic E-state index is 9.88. The Morgan fingerprint density at radius 2 is 1.88 bits per heavy atom. The summed E-state index contributed by atoms with van der Waals surface area (Å²) in [5.74, 6) is 1.49. The first kappa shape index (κ1) is 22.9. The Morgan fingerprint density at radius 1 is 1.06 bits per heavy atom. The van der Waals surface area contributed by atoms with Crippen molar-refractivity contribution in [3.05, 3.63) is 30.1 Å². The van der Waals surface area contributed by atoms with Crippen LogP contribution in [0.25, 0.3) is 11.3 Å². The molecule has 0 atom stereocenters. The highest BCUT2D eigenvalue weighted by molar-refractivity contribution is 5.73. The molecule has 1 saturated heterocycles. The molecule has 0 aromatic carbocycles. The van der Waals surface area contributed by atoms with Crippen molar-refractivity contribution in [1.29, 1.82) is 0 Å². The van der Waals surface area contributed by atoms with E-state index >= 15 is 0 Å². The van der Waals surface area contributed by atoms with Crippen LogP contribution in [0.15, 0.2) is 24.4 Å². The molecule has 7 nitrogen and oxygen atoms in total. The molecule has 0 unspecified atom stereocenters. The molecule has 174 valence electrons. The van der Waals surface area contributed by atoms with Gasteiger partial charge in [-0.1, -0.05) is 25.8 Å². The molecule has 0 amide bonds. The number of pyridine rings is 1. The number of piperidine rings is 1. The van der Waals surface area contributed by atoms with E-state index in [1.807, 2.05) is 6.20 Å². The van der Waals surface area contributed by atoms with Gasteiger partial charge in [0.1, 0.15) is 5.82 Å². The molecule has 32 heavy (non-hydrogen) atoms. The molecule has 3 heterocycles. The van der Waals surface area contributed by atoms with E-state index in [2.05, 4.69) is 45.6 Å². The molecule has 1 aliphatic carbocycles. The van der Waals surface area contributed by atoms with E-state index in [0.29, 0.717) is 12.0 Å². The number of aliphatic hydroxyl groups is 1. The fourth-order valence-electron chi connectivity index (χ4n) is 4.62. The summed E-state index contributed by atoms with van der Waals surface area (Å²) in [7, 11) is 0. The number of rotatable bonds is 9. The molecular weight excluding hydrogens is 400 g/mol. The van der Waals surface area contributed by atoms with Crippen molar-refractivity contribution in [1.82, 2.24) is 19.9 Å². The van der Waals surface area contributed by atoms with Crippen LogP contribution in [0.2, 0.25) is 0 Å². The predicted molar refractivity (Wildman–Crippen MR) is 130 cm³/mol. The number of hydrogen-bond donors (Lipinski definition) is 3. The van der Waals surface area contributed by atoms with Gasteiger partial charge < -0.3 is 15.7 Å². The second kappa shape index (κ2) is 11.6. The Balaban J connectivity index is 1.55. The van der Waals surface area contributed by atoms with Crippen LogP contribution in [0, 0.1) is 0 Å². The van der Waals surface area contributed by atoms with Gasteiger partial charge in [0, 0.05) is 25.3 Å². The zero-order valence-corrected chi connectivity index (χ0v) is 19.4. The Hall–Kier alpha value is -2.25. The predicted octanol–water partition coefficient (Wildman–Crippen LogP) is 4.45. The van der Waals surface area contributed by atoms with Crippen LogP contribution in [0.5, 0.6) is 0 Å². The fourth-order valence-corrected chi connectivity index (χ4v) is 4.62. The van der Waals surface area contributed by atoms with Crippen LogP contribution in [-0.4, -0.2) is 56.7 Å². The van der Waals surface area contributed by atoms with Gasteiger partial charge in [0.15, 0.2) is 0 Å². The van der Waals surface area contributed by atoms with Gasteiger partial charge in [-0.05, 0) is 70.2 Å². The Morgan fingerprint density at radius 3 is 2.66 bits per heavy atom. The Kier molecular flexibility index (Phi) is 8.29. The van der Waals surface area contributed by atoms with Gasteiger partial charge >= 0.3 is 0 Å². The lowest BCUT2D eigenvalue weighted by Gasteiger charge is -2.27. The van der Waals surface area contributed by atoms with Crippen LogP contribution in [0.3, 0.4) is 0 Å². The van der Waals surface area contributed by atoms with E-state index in [1.54, 1.807) is 0 Å². The average Bonchev–Trinajstić information content (AvgIpc) is 2.82. The van der Waals surface area contributed by atoms with Crippen molar-refractivity contribution >= 4 is 11.8 Å². The van der Waals surface area contributed by atoms with Crippen molar-refractivity contribution < 1.29 is 5.11 Å². The topological polar surface area (TPSA) is 86.2 Å². The minimum Gasteiger partial charge on any atom is -0.393 e. The summed E-state index contributed by atoms with van der Waals surface area (Å²) in [5.41, 5.74) is 2.96. The molecule has 4 rings (SSSR count). The van der Waals surface area contributed by atoms with E-state index in [0.717, 1.165) is 87.5 Å². The number of nitrogens with one attached hydrogen (secondary N) is 2. The molecular formula is C25H38N6O. The quantitative estimate of drug-likeness (QED) is 0.499. The number of hydrogen-bond acceptors (Lipinski definition) is 7. The largest absolute Gasteiger partial charge is 0.393 e. The summed E-state index contributed by atoms with van der Waals surface area (Å²) in [4.78, 5) is 16.9. The maximum Gasteiger partial charge on any atom is 0.224 e. The van der Waals surface area contributed by atoms with Gasteiger partial charge in [0.25, 0.3) is 0 Å². The van der Waals surface area contributed by atoms with Crippen LogP contribution in [0.4, 0.5) is 11.8 Å². The lowest BCUT2D eigenvalue weighted by Crippen LogP contribution is -2.29. The number of unbranched alkanes of at least 4 members (excludes halogenated alkanes) is 1. The number of nitrogens with zero attached hydrogens (tertiary/aromatic N) is 4. The van der Waals surface area contributed by atoms with Crippen LogP contribution in [0.1, 0.15) is 70.4 Å². The first-order valence-electron chi connectivity index (χ1n) is 12.5. The summed E-state index contributed by atoms with van der Waals surface area (Å²) in [6.45, 7) is 6.27. The van der Waals surface area contributed by atoms with Crippen molar-refractivity contribution in [2.24, 2.45) is 0 Å². The molecule has 2 aromatic rings. The summed E-state index contributed by atoms with van der Waals surface area (Å²) in [6.07, 6.45) is 11.4. The van der Waals surface area contributed by atoms with E-state index in [-0.39, 0.29) is 6.10 Å². The third-order valence-corrected chi connectivity index (χ3v) is 6.56. The highest BCUT2D eigenvalue weighted by atomic mass is 16.3.